The molecule has 1 aliphatic heterocycles. The quantitative estimate of drug-likeness (QED) is 0.679. The molecule has 0 unspecified atom stereocenters. The van der Waals surface area contributed by atoms with Gasteiger partial charge in [-0.2, -0.15) is 17.7 Å². The van der Waals surface area contributed by atoms with Crippen LogP contribution in [0.2, 0.25) is 0 Å². The minimum absolute atomic E-state index is 0.340. The van der Waals surface area contributed by atoms with Crippen molar-refractivity contribution in [1.82, 2.24) is 4.90 Å². The van der Waals surface area contributed by atoms with Gasteiger partial charge in [0.1, 0.15) is 0 Å². The lowest BCUT2D eigenvalue weighted by Gasteiger charge is -2.30. The highest BCUT2D eigenvalue weighted by Gasteiger charge is 2.15. The van der Waals surface area contributed by atoms with E-state index < -0.39 is 0 Å². The van der Waals surface area contributed by atoms with Crippen LogP contribution in [0.4, 0.5) is 5.69 Å². The largest absolute Gasteiger partial charge is 0.373 e. The molecule has 0 atom stereocenters. The monoisotopic (exact) mass is 365 g/mol. The molecule has 2 rings (SSSR count). The summed E-state index contributed by atoms with van der Waals surface area (Å²) < 4.78 is 0. The highest BCUT2D eigenvalue weighted by molar-refractivity contribution is 7.99. The molecule has 0 bridgehead atoms. The number of carbonyl (C=O) groups excluding carboxylic acids is 1. The van der Waals surface area contributed by atoms with E-state index in [2.05, 4.69) is 46.7 Å². The number of para-hydroxylation sites is 1. The van der Waals surface area contributed by atoms with Crippen LogP contribution in [0, 0.1) is 13.8 Å². The Morgan fingerprint density at radius 3 is 2.48 bits per heavy atom. The normalized spacial score (nSPS) is 15.2. The molecule has 1 aliphatic rings. The van der Waals surface area contributed by atoms with E-state index in [-0.39, 0.29) is 5.97 Å². The van der Waals surface area contributed by atoms with Gasteiger partial charge in [-0.25, -0.2) is 0 Å². The smallest absolute Gasteiger partial charge is 0.324 e. The van der Waals surface area contributed by atoms with Gasteiger partial charge in [0.05, 0.1) is 0 Å². The molecule has 1 saturated heterocycles. The van der Waals surface area contributed by atoms with E-state index >= 15 is 0 Å². The summed E-state index contributed by atoms with van der Waals surface area (Å²) in [6.45, 7) is 9.72. The van der Waals surface area contributed by atoms with Crippen LogP contribution >= 0.6 is 11.8 Å². The molecule has 6 heteroatoms. The van der Waals surface area contributed by atoms with E-state index in [0.717, 1.165) is 32.5 Å². The zero-order valence-electron chi connectivity index (χ0n) is 15.5. The fraction of sp³-hybridized carbons (Fsp3) is 0.632. The van der Waals surface area contributed by atoms with Gasteiger partial charge in [0.15, 0.2) is 0 Å². The summed E-state index contributed by atoms with van der Waals surface area (Å²) in [6, 6.07) is 6.42. The fourth-order valence-electron chi connectivity index (χ4n) is 3.42. The number of hydrogen-bond acceptors (Lipinski definition) is 6. The predicted molar refractivity (Wildman–Crippen MR) is 106 cm³/mol. The molecule has 0 amide bonds. The van der Waals surface area contributed by atoms with Crippen molar-refractivity contribution in [1.29, 1.82) is 0 Å². The standard InChI is InChI=1S/C19H31N3O2S/c1-16-6-3-7-17(2)19(16)22(10-4-8-18(23)24-20)11-5-9-21-12-14-25-15-13-21/h3,6-7H,4-5,8-15,20H2,1-2H3. The molecule has 140 valence electrons. The molecular formula is C19H31N3O2S. The Balaban J connectivity index is 1.94. The van der Waals surface area contributed by atoms with Gasteiger partial charge >= 0.3 is 5.97 Å². The first-order chi connectivity index (χ1) is 12.1. The minimum Gasteiger partial charge on any atom is -0.373 e. The predicted octanol–water partition coefficient (Wildman–Crippen LogP) is 2.75. The van der Waals surface area contributed by atoms with Crippen molar-refractivity contribution in [3.63, 3.8) is 0 Å². The second-order valence-electron chi connectivity index (χ2n) is 6.63. The molecule has 1 aromatic rings. The van der Waals surface area contributed by atoms with Crippen LogP contribution < -0.4 is 10.8 Å². The molecule has 5 nitrogen and oxygen atoms in total. The van der Waals surface area contributed by atoms with E-state index in [0.29, 0.717) is 6.42 Å². The zero-order chi connectivity index (χ0) is 18.1. The van der Waals surface area contributed by atoms with E-state index in [4.69, 9.17) is 5.90 Å². The summed E-state index contributed by atoms with van der Waals surface area (Å²) in [4.78, 5) is 20.6. The first kappa shape index (κ1) is 20.1. The number of aryl methyl sites for hydroxylation is 2. The van der Waals surface area contributed by atoms with Crippen LogP contribution in [0.25, 0.3) is 0 Å². The van der Waals surface area contributed by atoms with Crippen molar-refractivity contribution in [3.8, 4) is 0 Å². The van der Waals surface area contributed by atoms with Gasteiger partial charge in [0.25, 0.3) is 0 Å². The molecule has 0 spiro atoms. The second-order valence-corrected chi connectivity index (χ2v) is 7.85. The van der Waals surface area contributed by atoms with E-state index in [1.807, 2.05) is 11.8 Å². The van der Waals surface area contributed by atoms with Gasteiger partial charge in [0, 0.05) is 49.8 Å². The third-order valence-electron chi connectivity index (χ3n) is 4.70. The topological polar surface area (TPSA) is 58.8 Å². The average molecular weight is 366 g/mol. The molecule has 1 fully saturated rings. The van der Waals surface area contributed by atoms with Crippen LogP contribution in [0.5, 0.6) is 0 Å². The molecule has 0 aromatic heterocycles. The van der Waals surface area contributed by atoms with Gasteiger partial charge in [0.2, 0.25) is 0 Å². The number of nitrogens with two attached hydrogens (primary N) is 1. The first-order valence-electron chi connectivity index (χ1n) is 9.12. The Labute approximate surface area is 155 Å². The Bertz CT molecular complexity index is 527. The number of anilines is 1. The first-order valence-corrected chi connectivity index (χ1v) is 10.3. The Kier molecular flexibility index (Phi) is 8.58. The van der Waals surface area contributed by atoms with Crippen molar-refractivity contribution < 1.29 is 9.63 Å². The highest BCUT2D eigenvalue weighted by Crippen LogP contribution is 2.25. The Morgan fingerprint density at radius 2 is 1.84 bits per heavy atom. The molecule has 25 heavy (non-hydrogen) atoms. The lowest BCUT2D eigenvalue weighted by Crippen LogP contribution is -2.36. The average Bonchev–Trinajstić information content (AvgIpc) is 2.61. The Morgan fingerprint density at radius 1 is 1.20 bits per heavy atom. The molecule has 0 aliphatic carbocycles. The summed E-state index contributed by atoms with van der Waals surface area (Å²) in [6.07, 6.45) is 2.26. The maximum Gasteiger partial charge on any atom is 0.324 e. The van der Waals surface area contributed by atoms with Gasteiger partial charge < -0.3 is 14.6 Å². The molecule has 0 saturated carbocycles. The lowest BCUT2D eigenvalue weighted by molar-refractivity contribution is -0.144. The highest BCUT2D eigenvalue weighted by atomic mass is 32.2. The zero-order valence-corrected chi connectivity index (χ0v) is 16.3. The SMILES string of the molecule is Cc1cccc(C)c1N(CCCC(=O)ON)CCCN1CCSCC1. The molecule has 1 heterocycles. The van der Waals surface area contributed by atoms with Gasteiger partial charge in [-0.1, -0.05) is 18.2 Å². The maximum atomic E-state index is 11.3. The van der Waals surface area contributed by atoms with E-state index in [1.165, 1.54) is 41.4 Å². The Hall–Kier alpha value is -1.24. The number of rotatable bonds is 9. The number of benzene rings is 1. The van der Waals surface area contributed by atoms with Crippen LogP contribution in [0.3, 0.4) is 0 Å². The van der Waals surface area contributed by atoms with Crippen molar-refractivity contribution in [2.75, 3.05) is 49.1 Å². The summed E-state index contributed by atoms with van der Waals surface area (Å²) in [5, 5.41) is 0. The minimum atomic E-state index is -0.340. The summed E-state index contributed by atoms with van der Waals surface area (Å²) in [5.41, 5.74) is 3.88. The molecule has 2 N–H and O–H groups in total. The van der Waals surface area contributed by atoms with Crippen LogP contribution in [0.15, 0.2) is 18.2 Å². The van der Waals surface area contributed by atoms with Gasteiger partial charge in [-0.15, -0.1) is 0 Å². The summed E-state index contributed by atoms with van der Waals surface area (Å²) >= 11 is 2.05. The number of nitrogens with zero attached hydrogens (tertiary/aromatic N) is 2. The van der Waals surface area contributed by atoms with Crippen molar-refractivity contribution in [3.05, 3.63) is 29.3 Å². The van der Waals surface area contributed by atoms with Crippen LogP contribution in [0.1, 0.15) is 30.4 Å². The third kappa shape index (κ3) is 6.53. The number of carbonyl (C=O) groups is 1. The van der Waals surface area contributed by atoms with Crippen LogP contribution in [-0.4, -0.2) is 55.1 Å². The summed E-state index contributed by atoms with van der Waals surface area (Å²) in [7, 11) is 0. The second kappa shape index (κ2) is 10.7. The van der Waals surface area contributed by atoms with E-state index in [9.17, 15) is 4.79 Å². The maximum absolute atomic E-state index is 11.3. The number of thioether (sulfide) groups is 1. The van der Waals surface area contributed by atoms with Gasteiger partial charge in [-0.3, -0.25) is 4.79 Å². The third-order valence-corrected chi connectivity index (χ3v) is 5.64. The van der Waals surface area contributed by atoms with Crippen molar-refractivity contribution in [2.45, 2.75) is 33.1 Å². The lowest BCUT2D eigenvalue weighted by atomic mass is 10.1. The van der Waals surface area contributed by atoms with Crippen molar-refractivity contribution in [2.24, 2.45) is 5.90 Å². The molecule has 0 radical (unpaired) electrons. The molecular weight excluding hydrogens is 334 g/mol. The number of hydrogen-bond donors (Lipinski definition) is 1. The van der Waals surface area contributed by atoms with Gasteiger partial charge in [-0.05, 0) is 44.4 Å². The van der Waals surface area contributed by atoms with E-state index in [1.54, 1.807) is 0 Å². The van der Waals surface area contributed by atoms with Crippen LogP contribution in [-0.2, 0) is 9.63 Å². The van der Waals surface area contributed by atoms with Crippen molar-refractivity contribution >= 4 is 23.4 Å². The molecule has 1 aromatic carbocycles. The fourth-order valence-corrected chi connectivity index (χ4v) is 4.40. The summed E-state index contributed by atoms with van der Waals surface area (Å²) in [5.74, 6) is 7.10.